The fraction of sp³-hybridized carbons (Fsp3) is 0.0833. The molecule has 0 spiro atoms. The van der Waals surface area contributed by atoms with E-state index in [1.54, 1.807) is 37.8 Å². The summed E-state index contributed by atoms with van der Waals surface area (Å²) >= 11 is 12.7. The third-order valence-corrected chi connectivity index (χ3v) is 5.66. The van der Waals surface area contributed by atoms with Gasteiger partial charge in [0.1, 0.15) is 17.6 Å². The minimum absolute atomic E-state index is 0.307. The van der Waals surface area contributed by atoms with Crippen LogP contribution in [-0.4, -0.2) is 29.2 Å². The number of rotatable bonds is 6. The molecule has 4 rings (SSSR count). The first kappa shape index (κ1) is 22.3. The van der Waals surface area contributed by atoms with E-state index in [-0.39, 0.29) is 0 Å². The normalized spacial score (nSPS) is 10.9. The average molecular weight is 478 g/mol. The van der Waals surface area contributed by atoms with E-state index in [1.165, 1.54) is 13.3 Å². The Hall–Kier alpha value is -3.86. The average Bonchev–Trinajstić information content (AvgIpc) is 2.85. The molecule has 9 heteroatoms. The number of nitriles is 1. The maximum absolute atomic E-state index is 9.70. The first-order chi connectivity index (χ1) is 16.0. The van der Waals surface area contributed by atoms with Crippen molar-refractivity contribution < 1.29 is 9.47 Å². The maximum atomic E-state index is 9.70. The van der Waals surface area contributed by atoms with Crippen LogP contribution in [0.15, 0.2) is 49.1 Å². The number of hydrogen-bond donors (Lipinski definition) is 1. The Morgan fingerprint density at radius 1 is 1.00 bits per heavy atom. The summed E-state index contributed by atoms with van der Waals surface area (Å²) in [6, 6.07) is 9.17. The van der Waals surface area contributed by atoms with Crippen LogP contribution in [0.2, 0.25) is 10.0 Å². The van der Waals surface area contributed by atoms with E-state index in [9.17, 15) is 5.26 Å². The number of halogens is 2. The number of nitrogens with one attached hydrogen (secondary N) is 1. The van der Waals surface area contributed by atoms with Crippen molar-refractivity contribution in [3.8, 4) is 17.6 Å². The molecule has 33 heavy (non-hydrogen) atoms. The van der Waals surface area contributed by atoms with Crippen LogP contribution in [0, 0.1) is 11.3 Å². The molecule has 1 N–H and O–H groups in total. The van der Waals surface area contributed by atoms with Gasteiger partial charge in [-0.3, -0.25) is 15.0 Å². The number of anilines is 2. The van der Waals surface area contributed by atoms with E-state index < -0.39 is 0 Å². The van der Waals surface area contributed by atoms with Crippen LogP contribution in [0.25, 0.3) is 23.1 Å². The molecule has 0 saturated heterocycles. The van der Waals surface area contributed by atoms with Gasteiger partial charge in [0.05, 0.1) is 58.6 Å². The molecule has 164 valence electrons. The van der Waals surface area contributed by atoms with Crippen LogP contribution in [0.1, 0.15) is 16.8 Å². The minimum atomic E-state index is 0.307. The second-order valence-electron chi connectivity index (χ2n) is 6.83. The molecule has 0 bridgehead atoms. The van der Waals surface area contributed by atoms with Gasteiger partial charge in [0.2, 0.25) is 0 Å². The van der Waals surface area contributed by atoms with Crippen molar-refractivity contribution in [2.45, 2.75) is 0 Å². The second kappa shape index (κ2) is 9.74. The molecule has 0 aliphatic heterocycles. The molecule has 0 aliphatic carbocycles. The summed E-state index contributed by atoms with van der Waals surface area (Å²) in [5.74, 6) is 1.12. The molecule has 4 aromatic rings. The topological polar surface area (TPSA) is 93.0 Å². The fourth-order valence-electron chi connectivity index (χ4n) is 3.24. The van der Waals surface area contributed by atoms with E-state index >= 15 is 0 Å². The van der Waals surface area contributed by atoms with E-state index in [1.807, 2.05) is 24.3 Å². The quantitative estimate of drug-likeness (QED) is 0.356. The smallest absolute Gasteiger partial charge is 0.126 e. The van der Waals surface area contributed by atoms with Gasteiger partial charge < -0.3 is 14.8 Å². The largest absolute Gasteiger partial charge is 0.497 e. The highest BCUT2D eigenvalue weighted by Gasteiger charge is 2.16. The highest BCUT2D eigenvalue weighted by molar-refractivity contribution is 6.44. The van der Waals surface area contributed by atoms with Crippen LogP contribution < -0.4 is 14.8 Å². The van der Waals surface area contributed by atoms with E-state index in [0.29, 0.717) is 55.1 Å². The zero-order valence-electron chi connectivity index (χ0n) is 17.6. The lowest BCUT2D eigenvalue weighted by molar-refractivity contribution is 0.414. The van der Waals surface area contributed by atoms with Crippen LogP contribution in [0.3, 0.4) is 0 Å². The van der Waals surface area contributed by atoms with Crippen molar-refractivity contribution in [1.29, 1.82) is 5.26 Å². The molecule has 0 unspecified atom stereocenters. The number of nitrogens with zero attached hydrogens (tertiary/aromatic N) is 4. The van der Waals surface area contributed by atoms with Crippen molar-refractivity contribution in [2.24, 2.45) is 0 Å². The van der Waals surface area contributed by atoms with E-state index in [4.69, 9.17) is 32.7 Å². The minimum Gasteiger partial charge on any atom is -0.497 e. The highest BCUT2D eigenvalue weighted by Crippen LogP contribution is 2.39. The molecule has 2 aromatic heterocycles. The lowest BCUT2D eigenvalue weighted by Gasteiger charge is -2.16. The molecule has 0 fully saturated rings. The van der Waals surface area contributed by atoms with Crippen LogP contribution >= 0.6 is 23.2 Å². The highest BCUT2D eigenvalue weighted by atomic mass is 35.5. The summed E-state index contributed by atoms with van der Waals surface area (Å²) in [6.07, 6.45) is 10.1. The number of methoxy groups -OCH3 is 2. The van der Waals surface area contributed by atoms with Gasteiger partial charge in [0.25, 0.3) is 0 Å². The molecule has 0 saturated carbocycles. The molecule has 0 radical (unpaired) electrons. The molecule has 0 aliphatic rings. The Kier molecular flexibility index (Phi) is 6.59. The number of pyridine rings is 1. The number of fused-ring (bicyclic) bond motifs is 1. The molecular formula is C24H17Cl2N5O2. The first-order valence-corrected chi connectivity index (χ1v) is 10.4. The van der Waals surface area contributed by atoms with Crippen LogP contribution in [0.5, 0.6) is 11.5 Å². The summed E-state index contributed by atoms with van der Waals surface area (Å²) in [4.78, 5) is 12.8. The summed E-state index contributed by atoms with van der Waals surface area (Å²) < 4.78 is 10.9. The van der Waals surface area contributed by atoms with Crippen LogP contribution in [0.4, 0.5) is 11.4 Å². The molecule has 2 aromatic carbocycles. The molecule has 0 atom stereocenters. The lowest BCUT2D eigenvalue weighted by Crippen LogP contribution is -1.99. The third kappa shape index (κ3) is 4.67. The standard InChI is InChI=1S/C24H17Cl2N5O2/c1-32-17-8-19(25)23(26)21(9-17)31-24-15(11-27)12-30-20-7-14(22(33-2)10-18(20)24)3-4-16-13-28-5-6-29-16/h3-10,12-13H,1-2H3,(H,30,31)/b4-3+. The van der Waals surface area contributed by atoms with E-state index in [0.717, 1.165) is 5.56 Å². The number of benzene rings is 2. The zero-order valence-corrected chi connectivity index (χ0v) is 19.1. The predicted octanol–water partition coefficient (Wildman–Crippen LogP) is 6.13. The molecule has 2 heterocycles. The van der Waals surface area contributed by atoms with Gasteiger partial charge in [-0.2, -0.15) is 5.26 Å². The summed E-state index contributed by atoms with van der Waals surface area (Å²) in [5.41, 5.74) is 3.51. The summed E-state index contributed by atoms with van der Waals surface area (Å²) in [7, 11) is 3.11. The van der Waals surface area contributed by atoms with Gasteiger partial charge in [-0.25, -0.2) is 0 Å². The van der Waals surface area contributed by atoms with E-state index in [2.05, 4.69) is 26.3 Å². The van der Waals surface area contributed by atoms with Crippen molar-refractivity contribution in [3.63, 3.8) is 0 Å². The Labute approximate surface area is 200 Å². The van der Waals surface area contributed by atoms with Gasteiger partial charge in [0, 0.05) is 41.7 Å². The van der Waals surface area contributed by atoms with Gasteiger partial charge in [-0.1, -0.05) is 23.2 Å². The van der Waals surface area contributed by atoms with Crippen LogP contribution in [-0.2, 0) is 0 Å². The Bertz CT molecular complexity index is 1400. The monoisotopic (exact) mass is 477 g/mol. The SMILES string of the molecule is COc1cc(Cl)c(Cl)c(Nc2c(C#N)cnc3cc(/C=C/c4cnccn4)c(OC)cc23)c1. The fourth-order valence-corrected chi connectivity index (χ4v) is 3.61. The van der Waals surface area contributed by atoms with Crippen molar-refractivity contribution in [2.75, 3.05) is 19.5 Å². The summed E-state index contributed by atoms with van der Waals surface area (Å²) in [5, 5.41) is 14.2. The van der Waals surface area contributed by atoms with Gasteiger partial charge in [-0.05, 0) is 24.3 Å². The Morgan fingerprint density at radius 3 is 2.55 bits per heavy atom. The first-order valence-electron chi connectivity index (χ1n) is 9.69. The second-order valence-corrected chi connectivity index (χ2v) is 7.61. The Morgan fingerprint density at radius 2 is 1.85 bits per heavy atom. The van der Waals surface area contributed by atoms with Crippen molar-refractivity contribution in [1.82, 2.24) is 15.0 Å². The van der Waals surface area contributed by atoms with Gasteiger partial charge in [-0.15, -0.1) is 0 Å². The molecule has 7 nitrogen and oxygen atoms in total. The maximum Gasteiger partial charge on any atom is 0.126 e. The van der Waals surface area contributed by atoms with Crippen molar-refractivity contribution in [3.05, 3.63) is 75.9 Å². The predicted molar refractivity (Wildman–Crippen MR) is 130 cm³/mol. The lowest BCUT2D eigenvalue weighted by atomic mass is 10.0. The van der Waals surface area contributed by atoms with Gasteiger partial charge in [0.15, 0.2) is 0 Å². The number of aromatic nitrogens is 3. The zero-order chi connectivity index (χ0) is 23.4. The molecular weight excluding hydrogens is 461 g/mol. The number of ether oxygens (including phenoxy) is 2. The van der Waals surface area contributed by atoms with Gasteiger partial charge >= 0.3 is 0 Å². The summed E-state index contributed by atoms with van der Waals surface area (Å²) in [6.45, 7) is 0. The molecule has 0 amide bonds. The third-order valence-electron chi connectivity index (χ3n) is 4.85. The number of hydrogen-bond acceptors (Lipinski definition) is 7. The Balaban J connectivity index is 1.84. The van der Waals surface area contributed by atoms with Crippen molar-refractivity contribution >= 4 is 57.6 Å².